The molecule has 2 saturated heterocycles. The van der Waals surface area contributed by atoms with Crippen LogP contribution in [0.4, 0.5) is 0 Å². The van der Waals surface area contributed by atoms with E-state index in [2.05, 4.69) is 17.1 Å². The van der Waals surface area contributed by atoms with Crippen molar-refractivity contribution in [3.8, 4) is 0 Å². The van der Waals surface area contributed by atoms with Gasteiger partial charge in [0.25, 0.3) is 0 Å². The largest absolute Gasteiger partial charge is 0.341 e. The second kappa shape index (κ2) is 4.30. The molecular weight excluding hydrogens is 176 g/mol. The van der Waals surface area contributed by atoms with Gasteiger partial charge >= 0.3 is 0 Å². The second-order valence-electron chi connectivity index (χ2n) is 4.52. The summed E-state index contributed by atoms with van der Waals surface area (Å²) in [6.07, 6.45) is 5.00. The summed E-state index contributed by atoms with van der Waals surface area (Å²) in [5, 5.41) is 3.09. The van der Waals surface area contributed by atoms with Crippen molar-refractivity contribution < 1.29 is 4.79 Å². The molecule has 80 valence electrons. The molecule has 0 spiro atoms. The van der Waals surface area contributed by atoms with Gasteiger partial charge in [-0.25, -0.2) is 0 Å². The van der Waals surface area contributed by atoms with Crippen LogP contribution in [-0.4, -0.2) is 36.5 Å². The van der Waals surface area contributed by atoms with E-state index < -0.39 is 0 Å². The Morgan fingerprint density at radius 2 is 2.29 bits per heavy atom. The number of carbonyl (C=O) groups excluding carboxylic acids is 1. The lowest BCUT2D eigenvalue weighted by Crippen LogP contribution is -2.38. The highest BCUT2D eigenvalue weighted by atomic mass is 16.2. The lowest BCUT2D eigenvalue weighted by atomic mass is 10.0. The Morgan fingerprint density at radius 1 is 1.50 bits per heavy atom. The molecule has 1 amide bonds. The standard InChI is InChI=1S/C11H20N2O/c1-2-9-5-3-4-6-13(8-9)11(14)10-7-12-10/h9-10,12H,2-8H2,1H3. The van der Waals surface area contributed by atoms with E-state index in [9.17, 15) is 4.79 Å². The van der Waals surface area contributed by atoms with Crippen molar-refractivity contribution in [1.82, 2.24) is 10.2 Å². The first-order valence-electron chi connectivity index (χ1n) is 5.83. The van der Waals surface area contributed by atoms with Crippen molar-refractivity contribution in [2.24, 2.45) is 5.92 Å². The second-order valence-corrected chi connectivity index (χ2v) is 4.52. The molecule has 3 nitrogen and oxygen atoms in total. The number of rotatable bonds is 2. The maximum Gasteiger partial charge on any atom is 0.241 e. The van der Waals surface area contributed by atoms with Gasteiger partial charge in [0, 0.05) is 19.6 Å². The van der Waals surface area contributed by atoms with E-state index in [1.807, 2.05) is 0 Å². The number of amides is 1. The fourth-order valence-corrected chi connectivity index (χ4v) is 2.22. The van der Waals surface area contributed by atoms with Gasteiger partial charge < -0.3 is 10.2 Å². The van der Waals surface area contributed by atoms with Crippen molar-refractivity contribution in [2.45, 2.75) is 38.6 Å². The molecule has 2 aliphatic heterocycles. The van der Waals surface area contributed by atoms with Gasteiger partial charge in [-0.2, -0.15) is 0 Å². The minimum Gasteiger partial charge on any atom is -0.341 e. The van der Waals surface area contributed by atoms with Crippen LogP contribution in [0, 0.1) is 5.92 Å². The van der Waals surface area contributed by atoms with Crippen LogP contribution in [0.25, 0.3) is 0 Å². The van der Waals surface area contributed by atoms with Gasteiger partial charge in [0.2, 0.25) is 5.91 Å². The number of nitrogens with zero attached hydrogens (tertiary/aromatic N) is 1. The van der Waals surface area contributed by atoms with Crippen molar-refractivity contribution in [1.29, 1.82) is 0 Å². The molecular formula is C11H20N2O. The van der Waals surface area contributed by atoms with Gasteiger partial charge in [-0.3, -0.25) is 4.79 Å². The van der Waals surface area contributed by atoms with Gasteiger partial charge in [-0.15, -0.1) is 0 Å². The summed E-state index contributed by atoms with van der Waals surface area (Å²) in [6.45, 7) is 5.10. The first-order valence-corrected chi connectivity index (χ1v) is 5.83. The molecule has 2 rings (SSSR count). The average Bonchev–Trinajstić information content (AvgIpc) is 3.03. The zero-order valence-corrected chi connectivity index (χ0v) is 8.96. The molecule has 0 aromatic carbocycles. The Balaban J connectivity index is 1.91. The Kier molecular flexibility index (Phi) is 3.06. The number of nitrogens with one attached hydrogen (secondary N) is 1. The van der Waals surface area contributed by atoms with Crippen LogP contribution in [0.15, 0.2) is 0 Å². The van der Waals surface area contributed by atoms with Crippen LogP contribution in [0.5, 0.6) is 0 Å². The summed E-state index contributed by atoms with van der Waals surface area (Å²) in [5.74, 6) is 1.07. The highest BCUT2D eigenvalue weighted by molar-refractivity contribution is 5.84. The molecule has 3 heteroatoms. The maximum absolute atomic E-state index is 11.8. The SMILES string of the molecule is CCC1CCCCN(C(=O)C2CN2)C1. The van der Waals surface area contributed by atoms with E-state index in [0.29, 0.717) is 5.91 Å². The molecule has 0 bridgehead atoms. The van der Waals surface area contributed by atoms with Crippen LogP contribution in [0.2, 0.25) is 0 Å². The van der Waals surface area contributed by atoms with Crippen LogP contribution >= 0.6 is 0 Å². The van der Waals surface area contributed by atoms with Gasteiger partial charge in [0.05, 0.1) is 6.04 Å². The van der Waals surface area contributed by atoms with E-state index in [1.54, 1.807) is 0 Å². The first kappa shape index (κ1) is 9.97. The van der Waals surface area contributed by atoms with Crippen LogP contribution in [0.3, 0.4) is 0 Å². The van der Waals surface area contributed by atoms with E-state index in [1.165, 1.54) is 25.7 Å². The van der Waals surface area contributed by atoms with Gasteiger partial charge in [-0.1, -0.05) is 19.8 Å². The van der Waals surface area contributed by atoms with E-state index in [4.69, 9.17) is 0 Å². The van der Waals surface area contributed by atoms with Gasteiger partial charge in [0.15, 0.2) is 0 Å². The number of hydrogen-bond donors (Lipinski definition) is 1. The predicted octanol–water partition coefficient (Wildman–Crippen LogP) is 0.997. The zero-order chi connectivity index (χ0) is 9.97. The summed E-state index contributed by atoms with van der Waals surface area (Å²) in [4.78, 5) is 13.9. The molecule has 2 aliphatic rings. The molecule has 2 heterocycles. The topological polar surface area (TPSA) is 42.2 Å². The lowest BCUT2D eigenvalue weighted by molar-refractivity contribution is -0.131. The Labute approximate surface area is 85.8 Å². The van der Waals surface area contributed by atoms with Crippen LogP contribution in [-0.2, 0) is 4.79 Å². The van der Waals surface area contributed by atoms with Crippen LogP contribution in [0.1, 0.15) is 32.6 Å². The van der Waals surface area contributed by atoms with Crippen molar-refractivity contribution in [2.75, 3.05) is 19.6 Å². The Hall–Kier alpha value is -0.570. The molecule has 14 heavy (non-hydrogen) atoms. The fraction of sp³-hybridized carbons (Fsp3) is 0.909. The van der Waals surface area contributed by atoms with E-state index >= 15 is 0 Å². The minimum absolute atomic E-state index is 0.158. The molecule has 1 N–H and O–H groups in total. The minimum atomic E-state index is 0.158. The molecule has 0 aliphatic carbocycles. The summed E-state index contributed by atoms with van der Waals surface area (Å²) in [5.41, 5.74) is 0. The highest BCUT2D eigenvalue weighted by Gasteiger charge is 2.33. The maximum atomic E-state index is 11.8. The monoisotopic (exact) mass is 196 g/mol. The van der Waals surface area contributed by atoms with E-state index in [-0.39, 0.29) is 6.04 Å². The Morgan fingerprint density at radius 3 is 2.93 bits per heavy atom. The van der Waals surface area contributed by atoms with Crippen molar-refractivity contribution in [3.63, 3.8) is 0 Å². The zero-order valence-electron chi connectivity index (χ0n) is 8.96. The summed E-state index contributed by atoms with van der Waals surface area (Å²) in [7, 11) is 0. The predicted molar refractivity (Wildman–Crippen MR) is 56.0 cm³/mol. The molecule has 2 fully saturated rings. The number of hydrogen-bond acceptors (Lipinski definition) is 2. The normalized spacial score (nSPS) is 32.5. The highest BCUT2D eigenvalue weighted by Crippen LogP contribution is 2.20. The summed E-state index contributed by atoms with van der Waals surface area (Å²) >= 11 is 0. The third-order valence-electron chi connectivity index (χ3n) is 3.36. The molecule has 0 radical (unpaired) electrons. The smallest absolute Gasteiger partial charge is 0.241 e. The van der Waals surface area contributed by atoms with Crippen molar-refractivity contribution in [3.05, 3.63) is 0 Å². The molecule has 0 aromatic rings. The van der Waals surface area contributed by atoms with Crippen LogP contribution < -0.4 is 5.32 Å². The third kappa shape index (κ3) is 2.27. The van der Waals surface area contributed by atoms with Crippen molar-refractivity contribution >= 4 is 5.91 Å². The lowest BCUT2D eigenvalue weighted by Gasteiger charge is -2.23. The fourth-order valence-electron chi connectivity index (χ4n) is 2.22. The number of likely N-dealkylation sites (tertiary alicyclic amines) is 1. The quantitative estimate of drug-likeness (QED) is 0.669. The molecule has 0 saturated carbocycles. The molecule has 2 unspecified atom stereocenters. The van der Waals surface area contributed by atoms with Gasteiger partial charge in [-0.05, 0) is 18.8 Å². The first-order chi connectivity index (χ1) is 6.81. The van der Waals surface area contributed by atoms with E-state index in [0.717, 1.165) is 25.6 Å². The molecule has 2 atom stereocenters. The third-order valence-corrected chi connectivity index (χ3v) is 3.36. The summed E-state index contributed by atoms with van der Waals surface area (Å²) in [6, 6.07) is 0.158. The van der Waals surface area contributed by atoms with Gasteiger partial charge in [0.1, 0.15) is 0 Å². The Bertz CT molecular complexity index is 213. The molecule has 0 aromatic heterocycles. The number of carbonyl (C=O) groups is 1. The average molecular weight is 196 g/mol. The summed E-state index contributed by atoms with van der Waals surface area (Å²) < 4.78 is 0.